The molecule has 27 heavy (non-hydrogen) atoms. The molecule has 2 heteroatoms. The number of hydrogen-bond donors (Lipinski definition) is 0. The Hall–Kier alpha value is -2.09. The van der Waals surface area contributed by atoms with Gasteiger partial charge in [0.05, 0.1) is 7.11 Å². The van der Waals surface area contributed by atoms with E-state index in [4.69, 9.17) is 0 Å². The lowest BCUT2D eigenvalue weighted by molar-refractivity contribution is -0.137. The number of hydrogen-bond acceptors (Lipinski definition) is 2. The predicted octanol–water partition coefficient (Wildman–Crippen LogP) is 7.42. The van der Waals surface area contributed by atoms with Crippen molar-refractivity contribution in [1.29, 1.82) is 0 Å². The minimum Gasteiger partial charge on any atom is -0.469 e. The molecule has 0 aliphatic rings. The Labute approximate surface area is 168 Å². The van der Waals surface area contributed by atoms with Crippen molar-refractivity contribution in [3.63, 3.8) is 0 Å². The van der Waals surface area contributed by atoms with Crippen LogP contribution in [0.25, 0.3) is 5.57 Å². The van der Waals surface area contributed by atoms with Crippen molar-refractivity contribution in [3.05, 3.63) is 65.3 Å². The molecule has 0 saturated carbocycles. The van der Waals surface area contributed by atoms with E-state index in [1.165, 1.54) is 41.9 Å². The zero-order valence-electron chi connectivity index (χ0n) is 19.2. The summed E-state index contributed by atoms with van der Waals surface area (Å²) in [4.78, 5) is 9.59. The first kappa shape index (κ1) is 27.1. The molecule has 1 aromatic carbocycles. The lowest BCUT2D eigenvalue weighted by Gasteiger charge is -2.24. The van der Waals surface area contributed by atoms with Gasteiger partial charge in [-0.15, -0.1) is 0 Å². The smallest absolute Gasteiger partial charge is 0.302 e. The second-order valence-corrected chi connectivity index (χ2v) is 7.03. The number of rotatable bonds is 5. The fourth-order valence-electron chi connectivity index (χ4n) is 2.14. The molecule has 0 atom stereocenters. The van der Waals surface area contributed by atoms with Gasteiger partial charge in [0.2, 0.25) is 0 Å². The molecule has 0 amide bonds. The highest BCUT2D eigenvalue weighted by atomic mass is 16.5. The third kappa shape index (κ3) is 10.6. The van der Waals surface area contributed by atoms with Crippen molar-refractivity contribution in [1.82, 2.24) is 0 Å². The van der Waals surface area contributed by atoms with Gasteiger partial charge >= 0.3 is 5.97 Å². The van der Waals surface area contributed by atoms with E-state index in [1.807, 2.05) is 19.9 Å². The number of carbonyl (C=O) groups is 1. The fourth-order valence-corrected chi connectivity index (χ4v) is 2.14. The van der Waals surface area contributed by atoms with Crippen molar-refractivity contribution in [3.8, 4) is 0 Å². The van der Waals surface area contributed by atoms with Crippen LogP contribution >= 0.6 is 0 Å². The van der Waals surface area contributed by atoms with Gasteiger partial charge in [0.15, 0.2) is 0 Å². The van der Waals surface area contributed by atoms with Crippen LogP contribution in [-0.4, -0.2) is 13.1 Å². The number of benzene rings is 1. The summed E-state index contributed by atoms with van der Waals surface area (Å²) in [6.45, 7) is 22.6. The van der Waals surface area contributed by atoms with E-state index in [1.54, 1.807) is 0 Å². The molecule has 1 aromatic rings. The average Bonchev–Trinajstić information content (AvgIpc) is 2.65. The van der Waals surface area contributed by atoms with Crippen molar-refractivity contribution in [2.45, 2.75) is 74.1 Å². The predicted molar refractivity (Wildman–Crippen MR) is 121 cm³/mol. The molecule has 1 rings (SSSR count). The zero-order valence-corrected chi connectivity index (χ0v) is 19.2. The van der Waals surface area contributed by atoms with Gasteiger partial charge in [-0.1, -0.05) is 83.2 Å². The Morgan fingerprint density at radius 2 is 1.67 bits per heavy atom. The van der Waals surface area contributed by atoms with Crippen LogP contribution in [0.3, 0.4) is 0 Å². The highest BCUT2D eigenvalue weighted by Gasteiger charge is 2.18. The van der Waals surface area contributed by atoms with Gasteiger partial charge in [-0.25, -0.2) is 0 Å². The van der Waals surface area contributed by atoms with Gasteiger partial charge in [-0.3, -0.25) is 4.79 Å². The topological polar surface area (TPSA) is 26.3 Å². The van der Waals surface area contributed by atoms with Crippen molar-refractivity contribution in [2.24, 2.45) is 0 Å². The first-order valence-electron chi connectivity index (χ1n) is 9.72. The molecule has 0 unspecified atom stereocenters. The molecule has 0 bridgehead atoms. The zero-order chi connectivity index (χ0) is 21.6. The number of methoxy groups -OCH3 is 1. The molecule has 152 valence electrons. The molecule has 0 fully saturated rings. The van der Waals surface area contributed by atoms with Gasteiger partial charge < -0.3 is 4.74 Å². The first-order valence-corrected chi connectivity index (χ1v) is 9.72. The highest BCUT2D eigenvalue weighted by molar-refractivity contribution is 5.77. The van der Waals surface area contributed by atoms with Gasteiger partial charge in [0.1, 0.15) is 0 Å². The Morgan fingerprint density at radius 1 is 1.15 bits per heavy atom. The Kier molecular flexibility index (Phi) is 14.1. The van der Waals surface area contributed by atoms with Crippen LogP contribution in [0.4, 0.5) is 0 Å². The van der Waals surface area contributed by atoms with Gasteiger partial charge in [0, 0.05) is 6.92 Å². The van der Waals surface area contributed by atoms with E-state index in [2.05, 4.69) is 83.2 Å². The summed E-state index contributed by atoms with van der Waals surface area (Å²) < 4.78 is 4.11. The summed E-state index contributed by atoms with van der Waals surface area (Å²) in [6.07, 6.45) is 7.37. The van der Waals surface area contributed by atoms with E-state index in [0.717, 1.165) is 6.42 Å². The second kappa shape index (κ2) is 14.0. The normalized spacial score (nSPS) is 10.5. The van der Waals surface area contributed by atoms with Crippen LogP contribution in [0.1, 0.15) is 78.5 Å². The molecule has 0 heterocycles. The summed E-state index contributed by atoms with van der Waals surface area (Å²) in [5, 5.41) is 0. The second-order valence-electron chi connectivity index (χ2n) is 7.03. The molecule has 0 aliphatic heterocycles. The van der Waals surface area contributed by atoms with Gasteiger partial charge in [-0.05, 0) is 54.9 Å². The summed E-state index contributed by atoms with van der Waals surface area (Å²) in [7, 11) is 1.35. The van der Waals surface area contributed by atoms with Crippen LogP contribution in [-0.2, 0) is 14.9 Å². The maximum absolute atomic E-state index is 9.59. The Bertz CT molecular complexity index is 642. The van der Waals surface area contributed by atoms with Crippen LogP contribution in [0, 0.1) is 6.92 Å². The third-order valence-electron chi connectivity index (χ3n) is 4.31. The molecule has 0 saturated heterocycles. The number of ether oxygens (including phenoxy) is 1. The van der Waals surface area contributed by atoms with Crippen molar-refractivity contribution in [2.75, 3.05) is 7.11 Å². The van der Waals surface area contributed by atoms with Crippen LogP contribution in [0.2, 0.25) is 0 Å². The summed E-state index contributed by atoms with van der Waals surface area (Å²) in [5.41, 5.74) is 6.72. The number of carbonyl (C=O) groups excluding carboxylic acids is 1. The van der Waals surface area contributed by atoms with E-state index in [0.29, 0.717) is 0 Å². The largest absolute Gasteiger partial charge is 0.469 e. The van der Waals surface area contributed by atoms with Crippen LogP contribution in [0.15, 0.2) is 48.6 Å². The number of esters is 1. The molecule has 0 radical (unpaired) electrons. The van der Waals surface area contributed by atoms with Crippen LogP contribution < -0.4 is 0 Å². The SMILES string of the molecule is C=C/C(=C\C=C(C)C)c1ccc(C(C)(C)CC)cc1C.CC.COC(C)=O. The summed E-state index contributed by atoms with van der Waals surface area (Å²) >= 11 is 0. The highest BCUT2D eigenvalue weighted by Crippen LogP contribution is 2.30. The quantitative estimate of drug-likeness (QED) is 0.397. The van der Waals surface area contributed by atoms with E-state index in [-0.39, 0.29) is 11.4 Å². The number of allylic oxidation sites excluding steroid dienone is 5. The van der Waals surface area contributed by atoms with E-state index < -0.39 is 0 Å². The Morgan fingerprint density at radius 3 is 2.00 bits per heavy atom. The average molecular weight is 373 g/mol. The lowest BCUT2D eigenvalue weighted by atomic mass is 9.80. The van der Waals surface area contributed by atoms with Crippen molar-refractivity contribution >= 4 is 11.5 Å². The van der Waals surface area contributed by atoms with E-state index in [9.17, 15) is 4.79 Å². The monoisotopic (exact) mass is 372 g/mol. The molecule has 0 aromatic heterocycles. The molecule has 2 nitrogen and oxygen atoms in total. The minimum absolute atomic E-state index is 0.237. The Balaban J connectivity index is 0. The third-order valence-corrected chi connectivity index (χ3v) is 4.31. The van der Waals surface area contributed by atoms with E-state index >= 15 is 0 Å². The van der Waals surface area contributed by atoms with Gasteiger partial charge in [0.25, 0.3) is 0 Å². The standard InChI is InChI=1S/C20H28.C3H6O2.C2H6/c1-8-17(11-10-15(3)4)19-13-12-18(14-16(19)5)20(6,7)9-2;1-3(4)5-2;1-2/h8,10-14H,1,9H2,2-7H3;1-2H3;1-2H3/b17-11+;;. The first-order chi connectivity index (χ1) is 12.6. The summed E-state index contributed by atoms with van der Waals surface area (Å²) in [6, 6.07) is 6.80. The molecular formula is C25H40O2. The molecular weight excluding hydrogens is 332 g/mol. The maximum atomic E-state index is 9.59. The van der Waals surface area contributed by atoms with Crippen LogP contribution in [0.5, 0.6) is 0 Å². The van der Waals surface area contributed by atoms with Crippen molar-refractivity contribution < 1.29 is 9.53 Å². The molecule has 0 aliphatic carbocycles. The summed E-state index contributed by atoms with van der Waals surface area (Å²) in [5.74, 6) is -0.245. The number of aryl methyl sites for hydroxylation is 1. The molecule has 0 N–H and O–H groups in total. The molecule has 0 spiro atoms. The lowest BCUT2D eigenvalue weighted by Crippen LogP contribution is -2.15. The van der Waals surface area contributed by atoms with Gasteiger partial charge in [-0.2, -0.15) is 0 Å². The maximum Gasteiger partial charge on any atom is 0.302 e. The fraction of sp³-hybridized carbons (Fsp3) is 0.480. The minimum atomic E-state index is -0.245.